The molecule has 0 fully saturated rings. The van der Waals surface area contributed by atoms with Gasteiger partial charge >= 0.3 is 0 Å². The van der Waals surface area contributed by atoms with Crippen LogP contribution in [0, 0.1) is 16.7 Å². The predicted molar refractivity (Wildman–Crippen MR) is 38.7 cm³/mol. The molecule has 0 N–H and O–H groups in total. The summed E-state index contributed by atoms with van der Waals surface area (Å²) in [6, 6.07) is 2.04. The molecule has 0 aromatic heterocycles. The highest BCUT2D eigenvalue weighted by atomic mass is 31.0. The summed E-state index contributed by atoms with van der Waals surface area (Å²) in [6.07, 6.45) is 0.314. The van der Waals surface area contributed by atoms with Crippen molar-refractivity contribution in [2.75, 3.05) is 0 Å². The molecule has 0 rings (SSSR count). The van der Waals surface area contributed by atoms with Crippen molar-refractivity contribution in [1.29, 1.82) is 5.26 Å². The van der Waals surface area contributed by atoms with Crippen LogP contribution in [-0.4, -0.2) is 5.52 Å². The van der Waals surface area contributed by atoms with Gasteiger partial charge in [-0.2, -0.15) is 5.26 Å². The zero-order chi connectivity index (χ0) is 7.49. The van der Waals surface area contributed by atoms with E-state index in [0.29, 0.717) is 6.42 Å². The zero-order valence-electron chi connectivity index (χ0n) is 5.64. The molecular weight excluding hydrogens is 133 g/mol. The lowest BCUT2D eigenvalue weighted by Crippen LogP contribution is -2.10. The summed E-state index contributed by atoms with van der Waals surface area (Å²) < 4.78 is 0. The van der Waals surface area contributed by atoms with E-state index in [-0.39, 0.29) is 5.52 Å². The molecule has 0 aromatic rings. The molecule has 1 unspecified atom stereocenters. The van der Waals surface area contributed by atoms with Gasteiger partial charge in [-0.25, -0.2) is 0 Å². The van der Waals surface area contributed by atoms with Gasteiger partial charge in [-0.15, -0.1) is 0 Å². The van der Waals surface area contributed by atoms with Crippen molar-refractivity contribution in [2.45, 2.75) is 20.3 Å². The van der Waals surface area contributed by atoms with Crippen LogP contribution in [0.1, 0.15) is 20.3 Å². The average molecular weight is 143 g/mol. The summed E-state index contributed by atoms with van der Waals surface area (Å²) in [6.45, 7) is 3.49. The zero-order valence-corrected chi connectivity index (χ0v) is 6.79. The molecule has 0 radical (unpaired) electrons. The fraction of sp³-hybridized carbons (Fsp3) is 0.667. The van der Waals surface area contributed by atoms with Gasteiger partial charge in [-0.3, -0.25) is 4.79 Å². The third kappa shape index (κ3) is 4.12. The summed E-state index contributed by atoms with van der Waals surface area (Å²) in [5.41, 5.74) is -0.514. The van der Waals surface area contributed by atoms with Crippen molar-refractivity contribution in [3.63, 3.8) is 0 Å². The molecule has 0 aliphatic rings. The third-order valence-electron chi connectivity index (χ3n) is 0.919. The van der Waals surface area contributed by atoms with Crippen LogP contribution in [0.5, 0.6) is 0 Å². The Bertz CT molecular complexity index is 157. The molecule has 3 heteroatoms. The SMILES string of the molecule is CC(C)(C#N)CC(=O)P. The van der Waals surface area contributed by atoms with Gasteiger partial charge in [0.1, 0.15) is 5.52 Å². The minimum Gasteiger partial charge on any atom is -0.295 e. The summed E-state index contributed by atoms with van der Waals surface area (Å²) in [5.74, 6) is 0. The predicted octanol–water partition coefficient (Wildman–Crippen LogP) is 1.33. The first kappa shape index (κ1) is 8.59. The van der Waals surface area contributed by atoms with E-state index in [0.717, 1.165) is 0 Å². The smallest absolute Gasteiger partial charge is 0.149 e. The molecular formula is C6H10NOP. The number of carbonyl (C=O) groups is 1. The molecule has 50 valence electrons. The average Bonchev–Trinajstić information content (AvgIpc) is 1.63. The van der Waals surface area contributed by atoms with Crippen molar-refractivity contribution in [3.8, 4) is 6.07 Å². The Labute approximate surface area is 57.4 Å². The maximum Gasteiger partial charge on any atom is 0.149 e. The van der Waals surface area contributed by atoms with Gasteiger partial charge in [0.25, 0.3) is 0 Å². The first-order chi connectivity index (χ1) is 3.98. The van der Waals surface area contributed by atoms with E-state index in [1.54, 1.807) is 13.8 Å². The van der Waals surface area contributed by atoms with E-state index < -0.39 is 5.41 Å². The summed E-state index contributed by atoms with van der Waals surface area (Å²) in [7, 11) is 2.06. The summed E-state index contributed by atoms with van der Waals surface area (Å²) >= 11 is 0. The van der Waals surface area contributed by atoms with E-state index in [2.05, 4.69) is 9.24 Å². The minimum atomic E-state index is -0.501. The van der Waals surface area contributed by atoms with Crippen LogP contribution >= 0.6 is 9.24 Å². The van der Waals surface area contributed by atoms with Gasteiger partial charge in [-0.1, -0.05) is 9.24 Å². The second kappa shape index (κ2) is 2.94. The Balaban J connectivity index is 3.91. The highest BCUT2D eigenvalue weighted by Crippen LogP contribution is 2.20. The molecule has 0 bridgehead atoms. The second-order valence-corrected chi connectivity index (χ2v) is 3.28. The van der Waals surface area contributed by atoms with Gasteiger partial charge < -0.3 is 0 Å². The monoisotopic (exact) mass is 143 g/mol. The van der Waals surface area contributed by atoms with Crippen molar-refractivity contribution in [2.24, 2.45) is 5.41 Å². The molecule has 0 heterocycles. The molecule has 0 saturated heterocycles. The maximum absolute atomic E-state index is 10.4. The van der Waals surface area contributed by atoms with Crippen LogP contribution in [0.15, 0.2) is 0 Å². The van der Waals surface area contributed by atoms with Crippen LogP contribution < -0.4 is 0 Å². The van der Waals surface area contributed by atoms with E-state index in [1.165, 1.54) is 0 Å². The van der Waals surface area contributed by atoms with Crippen LogP contribution in [0.3, 0.4) is 0 Å². The lowest BCUT2D eigenvalue weighted by atomic mass is 9.92. The number of rotatable bonds is 2. The van der Waals surface area contributed by atoms with Crippen LogP contribution in [-0.2, 0) is 4.79 Å². The van der Waals surface area contributed by atoms with Crippen LogP contribution in [0.4, 0.5) is 0 Å². The minimum absolute atomic E-state index is 0.0125. The van der Waals surface area contributed by atoms with Crippen LogP contribution in [0.2, 0.25) is 0 Å². The van der Waals surface area contributed by atoms with Crippen molar-refractivity contribution in [3.05, 3.63) is 0 Å². The quantitative estimate of drug-likeness (QED) is 0.547. The standard InChI is InChI=1S/C6H10NOP/c1-6(2,4-7)3-5(8)9/h3,9H2,1-2H3. The molecule has 0 spiro atoms. The number of carbonyl (C=O) groups excluding carboxylic acids is 1. The summed E-state index contributed by atoms with van der Waals surface area (Å²) in [5, 5.41) is 8.43. The molecule has 0 aromatic carbocycles. The molecule has 1 atom stereocenters. The Morgan fingerprint density at radius 3 is 2.33 bits per heavy atom. The normalized spacial score (nSPS) is 10.4. The Hall–Kier alpha value is -0.410. The number of hydrogen-bond donors (Lipinski definition) is 0. The summed E-state index contributed by atoms with van der Waals surface area (Å²) in [4.78, 5) is 10.4. The largest absolute Gasteiger partial charge is 0.295 e. The van der Waals surface area contributed by atoms with Gasteiger partial charge in [0, 0.05) is 6.42 Å². The van der Waals surface area contributed by atoms with E-state index in [1.807, 2.05) is 6.07 Å². The van der Waals surface area contributed by atoms with E-state index >= 15 is 0 Å². The lowest BCUT2D eigenvalue weighted by molar-refractivity contribution is -0.112. The van der Waals surface area contributed by atoms with Gasteiger partial charge in [0.2, 0.25) is 0 Å². The maximum atomic E-state index is 10.4. The Morgan fingerprint density at radius 1 is 1.78 bits per heavy atom. The highest BCUT2D eigenvalue weighted by Gasteiger charge is 2.18. The third-order valence-corrected chi connectivity index (χ3v) is 1.12. The van der Waals surface area contributed by atoms with E-state index in [9.17, 15) is 4.79 Å². The number of nitriles is 1. The Kier molecular flexibility index (Phi) is 2.81. The first-order valence-corrected chi connectivity index (χ1v) is 3.25. The highest BCUT2D eigenvalue weighted by molar-refractivity contribution is 7.40. The topological polar surface area (TPSA) is 40.9 Å². The molecule has 0 aliphatic carbocycles. The van der Waals surface area contributed by atoms with Crippen molar-refractivity contribution in [1.82, 2.24) is 0 Å². The fourth-order valence-electron chi connectivity index (χ4n) is 0.475. The van der Waals surface area contributed by atoms with Crippen LogP contribution in [0.25, 0.3) is 0 Å². The lowest BCUT2D eigenvalue weighted by Gasteiger charge is -2.10. The van der Waals surface area contributed by atoms with Gasteiger partial charge in [0.05, 0.1) is 11.5 Å². The Morgan fingerprint density at radius 2 is 2.22 bits per heavy atom. The van der Waals surface area contributed by atoms with Crippen molar-refractivity contribution >= 4 is 14.8 Å². The fourth-order valence-corrected chi connectivity index (χ4v) is 0.985. The molecule has 2 nitrogen and oxygen atoms in total. The van der Waals surface area contributed by atoms with Gasteiger partial charge in [0.15, 0.2) is 0 Å². The molecule has 0 aliphatic heterocycles. The molecule has 0 amide bonds. The molecule has 0 saturated carbocycles. The van der Waals surface area contributed by atoms with Crippen molar-refractivity contribution < 1.29 is 4.79 Å². The van der Waals surface area contributed by atoms with E-state index in [4.69, 9.17) is 5.26 Å². The number of hydrogen-bond acceptors (Lipinski definition) is 2. The number of nitrogens with zero attached hydrogens (tertiary/aromatic N) is 1. The molecule has 9 heavy (non-hydrogen) atoms. The van der Waals surface area contributed by atoms with Gasteiger partial charge in [-0.05, 0) is 13.8 Å². The first-order valence-electron chi connectivity index (χ1n) is 2.67. The second-order valence-electron chi connectivity index (χ2n) is 2.64.